The second kappa shape index (κ2) is 4.65. The Balaban J connectivity index is 3.53. The molecule has 1 heterocycles. The van der Waals surface area contributed by atoms with Crippen LogP contribution in [0.2, 0.25) is 0 Å². The molecule has 98 valence electrons. The van der Waals surface area contributed by atoms with E-state index in [2.05, 4.69) is 0 Å². The van der Waals surface area contributed by atoms with Crippen molar-refractivity contribution in [3.63, 3.8) is 0 Å². The minimum absolute atomic E-state index is 0.371. The summed E-state index contributed by atoms with van der Waals surface area (Å²) in [7, 11) is 0. The Kier molecular flexibility index (Phi) is 3.45. The van der Waals surface area contributed by atoms with Crippen LogP contribution in [0.1, 0.15) is 5.56 Å². The van der Waals surface area contributed by atoms with Crippen LogP contribution in [-0.4, -0.2) is 36.9 Å². The molecule has 0 radical (unpaired) electrons. The van der Waals surface area contributed by atoms with Crippen LogP contribution >= 0.6 is 0 Å². The summed E-state index contributed by atoms with van der Waals surface area (Å²) in [6.45, 7) is -0.901. The van der Waals surface area contributed by atoms with Crippen molar-refractivity contribution in [2.24, 2.45) is 0 Å². The van der Waals surface area contributed by atoms with Gasteiger partial charge in [-0.15, -0.1) is 0 Å². The fourth-order valence-electron chi connectivity index (χ4n) is 1.37. The topological polar surface area (TPSA) is 163 Å². The number of carboxylic acids is 2. The van der Waals surface area contributed by atoms with Gasteiger partial charge in [0, 0.05) is 0 Å². The zero-order chi connectivity index (χ0) is 14.0. The van der Waals surface area contributed by atoms with Gasteiger partial charge in [0.05, 0.1) is 12.0 Å². The highest BCUT2D eigenvalue weighted by Gasteiger charge is 2.22. The number of anilines is 1. The predicted molar refractivity (Wildman–Crippen MR) is 57.4 cm³/mol. The summed E-state index contributed by atoms with van der Waals surface area (Å²) < 4.78 is 0.371. The molecule has 9 nitrogen and oxygen atoms in total. The van der Waals surface area contributed by atoms with Gasteiger partial charge in [0.25, 0.3) is 5.56 Å². The van der Waals surface area contributed by atoms with Gasteiger partial charge in [-0.1, -0.05) is 0 Å². The molecule has 6 N–H and O–H groups in total. The number of nitrogens with zero attached hydrogens (tertiary/aromatic N) is 1. The van der Waals surface area contributed by atoms with Gasteiger partial charge in [0.2, 0.25) is 5.88 Å². The molecule has 0 amide bonds. The minimum Gasteiger partial charge on any atom is -0.505 e. The van der Waals surface area contributed by atoms with Crippen LogP contribution in [0.3, 0.4) is 0 Å². The fraction of sp³-hybridized carbons (Fsp3) is 0.222. The number of hydrogen-bond acceptors (Lipinski definition) is 6. The van der Waals surface area contributed by atoms with Gasteiger partial charge in [0.1, 0.15) is 12.2 Å². The molecular weight excluding hydrogens is 248 g/mol. The normalized spacial score (nSPS) is 10.2. The average molecular weight is 258 g/mol. The molecule has 1 aromatic rings. The number of carboxylic acid groups (broad SMARTS) is 2. The highest BCUT2D eigenvalue weighted by molar-refractivity contribution is 5.75. The van der Waals surface area contributed by atoms with Crippen molar-refractivity contribution < 1.29 is 30.0 Å². The van der Waals surface area contributed by atoms with E-state index in [4.69, 9.17) is 15.9 Å². The second-order valence-corrected chi connectivity index (χ2v) is 3.42. The first-order valence-electron chi connectivity index (χ1n) is 4.62. The first kappa shape index (κ1) is 13.4. The van der Waals surface area contributed by atoms with Gasteiger partial charge < -0.3 is 26.2 Å². The lowest BCUT2D eigenvalue weighted by molar-refractivity contribution is -0.138. The molecule has 0 bridgehead atoms. The molecule has 1 aromatic heterocycles. The molecule has 18 heavy (non-hydrogen) atoms. The highest BCUT2D eigenvalue weighted by atomic mass is 16.4. The molecular formula is C9H10N2O7. The Morgan fingerprint density at radius 2 is 1.72 bits per heavy atom. The molecule has 9 heteroatoms. The predicted octanol–water partition coefficient (Wildman–Crippen LogP) is -1.45. The third-order valence-corrected chi connectivity index (χ3v) is 2.16. The molecule has 0 aliphatic rings. The molecule has 0 spiro atoms. The number of carbonyl (C=O) groups is 2. The second-order valence-electron chi connectivity index (χ2n) is 3.42. The van der Waals surface area contributed by atoms with Gasteiger partial charge >= 0.3 is 11.9 Å². The molecule has 0 saturated heterocycles. The number of nitrogens with two attached hydrogens (primary N) is 1. The van der Waals surface area contributed by atoms with Crippen LogP contribution < -0.4 is 11.3 Å². The van der Waals surface area contributed by atoms with Crippen LogP contribution in [-0.2, 0) is 22.6 Å². The molecule has 0 aromatic carbocycles. The monoisotopic (exact) mass is 258 g/mol. The number of aliphatic carboxylic acids is 2. The Hall–Kier alpha value is -2.71. The van der Waals surface area contributed by atoms with E-state index >= 15 is 0 Å². The summed E-state index contributed by atoms with van der Waals surface area (Å²) in [6.07, 6.45) is -0.804. The standard InChI is InChI=1S/C9H10N2O7/c10-6-7(16)3(1-4(12)13)8(17)11(9(6)18)2-5(14)15/h16-17H,1-2,10H2,(H,12,13)(H,14,15). The van der Waals surface area contributed by atoms with E-state index in [1.54, 1.807) is 0 Å². The van der Waals surface area contributed by atoms with E-state index in [9.17, 15) is 24.6 Å². The van der Waals surface area contributed by atoms with E-state index in [-0.39, 0.29) is 0 Å². The third-order valence-electron chi connectivity index (χ3n) is 2.16. The summed E-state index contributed by atoms with van der Waals surface area (Å²) in [4.78, 5) is 32.5. The first-order valence-corrected chi connectivity index (χ1v) is 4.62. The lowest BCUT2D eigenvalue weighted by Crippen LogP contribution is -2.27. The van der Waals surface area contributed by atoms with Gasteiger partial charge in [-0.25, -0.2) is 0 Å². The maximum Gasteiger partial charge on any atom is 0.323 e. The molecule has 0 aliphatic heterocycles. The molecule has 0 aliphatic carbocycles. The van der Waals surface area contributed by atoms with Crippen LogP contribution in [0.4, 0.5) is 5.69 Å². The zero-order valence-corrected chi connectivity index (χ0v) is 8.95. The molecule has 1 rings (SSSR count). The number of aromatic hydroxyl groups is 2. The summed E-state index contributed by atoms with van der Waals surface area (Å²) in [5, 5.41) is 36.2. The Morgan fingerprint density at radius 1 is 1.17 bits per heavy atom. The van der Waals surface area contributed by atoms with Crippen molar-refractivity contribution >= 4 is 17.6 Å². The molecule has 0 saturated carbocycles. The smallest absolute Gasteiger partial charge is 0.323 e. The largest absolute Gasteiger partial charge is 0.505 e. The molecule has 0 atom stereocenters. The highest BCUT2D eigenvalue weighted by Crippen LogP contribution is 2.29. The van der Waals surface area contributed by atoms with E-state index in [1.807, 2.05) is 0 Å². The maximum atomic E-state index is 11.5. The number of nitrogen functional groups attached to an aromatic ring is 1. The summed E-state index contributed by atoms with van der Waals surface area (Å²) in [5.41, 5.74) is 2.88. The van der Waals surface area contributed by atoms with E-state index < -0.39 is 53.3 Å². The number of aromatic nitrogens is 1. The summed E-state index contributed by atoms with van der Waals surface area (Å²) >= 11 is 0. The SMILES string of the molecule is Nc1c(O)c(CC(=O)O)c(O)n(CC(=O)O)c1=O. The summed E-state index contributed by atoms with van der Waals surface area (Å²) in [5.74, 6) is -4.61. The third kappa shape index (κ3) is 2.34. The lowest BCUT2D eigenvalue weighted by atomic mass is 10.1. The first-order chi connectivity index (χ1) is 8.25. The van der Waals surface area contributed by atoms with E-state index in [0.717, 1.165) is 0 Å². The number of hydrogen-bond donors (Lipinski definition) is 5. The fourth-order valence-corrected chi connectivity index (χ4v) is 1.37. The van der Waals surface area contributed by atoms with E-state index in [1.165, 1.54) is 0 Å². The number of rotatable bonds is 4. The zero-order valence-electron chi connectivity index (χ0n) is 8.95. The van der Waals surface area contributed by atoms with Gasteiger partial charge in [-0.3, -0.25) is 19.0 Å². The average Bonchev–Trinajstić information content (AvgIpc) is 2.27. The van der Waals surface area contributed by atoms with Gasteiger partial charge in [-0.05, 0) is 0 Å². The molecule has 0 unspecified atom stereocenters. The van der Waals surface area contributed by atoms with Crippen LogP contribution in [0.25, 0.3) is 0 Å². The Bertz CT molecular complexity index is 575. The summed E-state index contributed by atoms with van der Waals surface area (Å²) in [6, 6.07) is 0. The van der Waals surface area contributed by atoms with Crippen molar-refractivity contribution in [1.29, 1.82) is 0 Å². The van der Waals surface area contributed by atoms with Crippen LogP contribution in [0.5, 0.6) is 11.6 Å². The van der Waals surface area contributed by atoms with Crippen molar-refractivity contribution in [3.05, 3.63) is 15.9 Å². The quantitative estimate of drug-likeness (QED) is 0.438. The van der Waals surface area contributed by atoms with Crippen molar-refractivity contribution in [1.82, 2.24) is 4.57 Å². The number of pyridine rings is 1. The van der Waals surface area contributed by atoms with Crippen LogP contribution in [0.15, 0.2) is 4.79 Å². The van der Waals surface area contributed by atoms with Gasteiger partial charge in [0.15, 0.2) is 5.75 Å². The maximum absolute atomic E-state index is 11.5. The van der Waals surface area contributed by atoms with Crippen molar-refractivity contribution in [2.75, 3.05) is 5.73 Å². The Labute approximate surface area is 99.3 Å². The Morgan fingerprint density at radius 3 is 2.17 bits per heavy atom. The van der Waals surface area contributed by atoms with E-state index in [0.29, 0.717) is 4.57 Å². The van der Waals surface area contributed by atoms with Gasteiger partial charge in [-0.2, -0.15) is 0 Å². The minimum atomic E-state index is -1.43. The lowest BCUT2D eigenvalue weighted by Gasteiger charge is -2.13. The van der Waals surface area contributed by atoms with Crippen molar-refractivity contribution in [3.8, 4) is 11.6 Å². The van der Waals surface area contributed by atoms with Crippen LogP contribution in [0, 0.1) is 0 Å². The molecule has 0 fully saturated rings. The van der Waals surface area contributed by atoms with Crippen molar-refractivity contribution in [2.45, 2.75) is 13.0 Å².